The molecule has 0 saturated carbocycles. The third-order valence-electron chi connectivity index (χ3n) is 4.46. The Balaban J connectivity index is 0.00000196. The summed E-state index contributed by atoms with van der Waals surface area (Å²) in [7, 11) is 0. The molecule has 5 nitrogen and oxygen atoms in total. The summed E-state index contributed by atoms with van der Waals surface area (Å²) in [4.78, 5) is 19.9. The number of hydrogen-bond acceptors (Lipinski definition) is 4. The lowest BCUT2D eigenvalue weighted by molar-refractivity contribution is 0.316. The molecule has 0 atom stereocenters. The van der Waals surface area contributed by atoms with E-state index in [0.29, 0.717) is 17.4 Å². The molecule has 0 aliphatic heterocycles. The number of anilines is 1. The zero-order valence-corrected chi connectivity index (χ0v) is 18.3. The largest absolute Gasteiger partial charge is 0.364 e. The average Bonchev–Trinajstić information content (AvgIpc) is 2.67. The van der Waals surface area contributed by atoms with E-state index >= 15 is 0 Å². The van der Waals surface area contributed by atoms with E-state index in [2.05, 4.69) is 29.0 Å². The Morgan fingerprint density at radius 1 is 1.04 bits per heavy atom. The van der Waals surface area contributed by atoms with Gasteiger partial charge in [0, 0.05) is 23.8 Å². The van der Waals surface area contributed by atoms with Crippen LogP contribution < -0.4 is 10.9 Å². The normalized spacial score (nSPS) is 10.4. The molecule has 0 unspecified atom stereocenters. The number of likely N-dealkylation sites (N-methyl/N-ethyl adjacent to an activating group) is 1. The molecule has 0 spiro atoms. The SMILES string of the molecule is CCN(CC)CCNc1nc2ccccc2n(-c2ccc(Cl)cc2)c1=O.Cl.Cl. The lowest BCUT2D eigenvalue weighted by atomic mass is 10.2. The van der Waals surface area contributed by atoms with Crippen molar-refractivity contribution in [3.05, 3.63) is 63.9 Å². The van der Waals surface area contributed by atoms with Crippen LogP contribution in [0, 0.1) is 0 Å². The van der Waals surface area contributed by atoms with Crippen molar-refractivity contribution in [1.82, 2.24) is 14.5 Å². The maximum atomic E-state index is 13.1. The van der Waals surface area contributed by atoms with Crippen LogP contribution in [0.1, 0.15) is 13.8 Å². The molecule has 0 aliphatic carbocycles. The Morgan fingerprint density at radius 3 is 2.32 bits per heavy atom. The lowest BCUT2D eigenvalue weighted by Crippen LogP contribution is -2.31. The topological polar surface area (TPSA) is 50.2 Å². The summed E-state index contributed by atoms with van der Waals surface area (Å²) in [6.45, 7) is 7.76. The Kier molecular flexibility index (Phi) is 9.76. The quantitative estimate of drug-likeness (QED) is 0.578. The van der Waals surface area contributed by atoms with E-state index in [9.17, 15) is 4.79 Å². The summed E-state index contributed by atoms with van der Waals surface area (Å²) in [6, 6.07) is 14.9. The summed E-state index contributed by atoms with van der Waals surface area (Å²) in [5, 5.41) is 3.85. The molecule has 0 amide bonds. The fourth-order valence-corrected chi connectivity index (χ4v) is 3.09. The van der Waals surface area contributed by atoms with Crippen LogP contribution in [0.2, 0.25) is 5.02 Å². The molecular formula is C20H25Cl3N4O. The van der Waals surface area contributed by atoms with Crippen LogP contribution in [0.5, 0.6) is 0 Å². The molecule has 1 aromatic heterocycles. The van der Waals surface area contributed by atoms with Crippen molar-refractivity contribution in [2.45, 2.75) is 13.8 Å². The van der Waals surface area contributed by atoms with Gasteiger partial charge in [-0.2, -0.15) is 0 Å². The van der Waals surface area contributed by atoms with Gasteiger partial charge in [-0.25, -0.2) is 4.98 Å². The molecule has 0 fully saturated rings. The monoisotopic (exact) mass is 442 g/mol. The highest BCUT2D eigenvalue weighted by molar-refractivity contribution is 6.30. The molecule has 8 heteroatoms. The van der Waals surface area contributed by atoms with E-state index in [-0.39, 0.29) is 30.4 Å². The third-order valence-corrected chi connectivity index (χ3v) is 4.71. The first-order valence-electron chi connectivity index (χ1n) is 8.88. The summed E-state index contributed by atoms with van der Waals surface area (Å²) in [6.07, 6.45) is 0. The van der Waals surface area contributed by atoms with Crippen molar-refractivity contribution in [2.24, 2.45) is 0 Å². The van der Waals surface area contributed by atoms with Crippen LogP contribution >= 0.6 is 36.4 Å². The predicted molar refractivity (Wildman–Crippen MR) is 123 cm³/mol. The van der Waals surface area contributed by atoms with Crippen LogP contribution in [0.25, 0.3) is 16.7 Å². The number of benzene rings is 2. The highest BCUT2D eigenvalue weighted by Gasteiger charge is 2.12. The number of rotatable bonds is 7. The van der Waals surface area contributed by atoms with E-state index in [4.69, 9.17) is 11.6 Å². The van der Waals surface area contributed by atoms with Crippen molar-refractivity contribution in [2.75, 3.05) is 31.5 Å². The number of halogens is 3. The van der Waals surface area contributed by atoms with Gasteiger partial charge in [0.2, 0.25) is 0 Å². The standard InChI is InChI=1S/C20H23ClN4O.2ClH/c1-3-24(4-2)14-13-22-19-20(26)25(16-11-9-15(21)10-12-16)18-8-6-5-7-17(18)23-19;;/h5-12H,3-4,13-14H2,1-2H3,(H,22,23);2*1H. The third kappa shape index (κ3) is 5.39. The Labute approximate surface area is 182 Å². The molecule has 0 aliphatic rings. The number of nitrogens with one attached hydrogen (secondary N) is 1. The van der Waals surface area contributed by atoms with Gasteiger partial charge in [-0.1, -0.05) is 37.6 Å². The fraction of sp³-hybridized carbons (Fsp3) is 0.300. The first-order chi connectivity index (χ1) is 12.6. The van der Waals surface area contributed by atoms with Crippen molar-refractivity contribution in [3.63, 3.8) is 0 Å². The molecular weight excluding hydrogens is 419 g/mol. The van der Waals surface area contributed by atoms with Gasteiger partial charge in [0.25, 0.3) is 5.56 Å². The number of nitrogens with zero attached hydrogens (tertiary/aromatic N) is 3. The average molecular weight is 444 g/mol. The number of fused-ring (bicyclic) bond motifs is 1. The van der Waals surface area contributed by atoms with Gasteiger partial charge in [0.15, 0.2) is 5.82 Å². The molecule has 1 heterocycles. The second-order valence-electron chi connectivity index (χ2n) is 6.02. The Bertz CT molecular complexity index is 940. The molecule has 152 valence electrons. The van der Waals surface area contributed by atoms with Gasteiger partial charge in [0.1, 0.15) is 0 Å². The number of para-hydroxylation sites is 2. The molecule has 3 aromatic rings. The van der Waals surface area contributed by atoms with Crippen LogP contribution in [0.4, 0.5) is 5.82 Å². The van der Waals surface area contributed by atoms with Crippen LogP contribution in [-0.2, 0) is 0 Å². The second-order valence-corrected chi connectivity index (χ2v) is 6.46. The summed E-state index contributed by atoms with van der Waals surface area (Å²) >= 11 is 6.00. The van der Waals surface area contributed by atoms with E-state index < -0.39 is 0 Å². The number of hydrogen-bond donors (Lipinski definition) is 1. The highest BCUT2D eigenvalue weighted by Crippen LogP contribution is 2.18. The molecule has 1 N–H and O–H groups in total. The molecule has 0 saturated heterocycles. The minimum Gasteiger partial charge on any atom is -0.364 e. The van der Waals surface area contributed by atoms with Gasteiger partial charge in [-0.15, -0.1) is 24.8 Å². The summed E-state index contributed by atoms with van der Waals surface area (Å²) in [5.74, 6) is 0.366. The molecule has 28 heavy (non-hydrogen) atoms. The first-order valence-corrected chi connectivity index (χ1v) is 9.25. The van der Waals surface area contributed by atoms with Gasteiger partial charge >= 0.3 is 0 Å². The zero-order chi connectivity index (χ0) is 18.5. The maximum Gasteiger partial charge on any atom is 0.298 e. The van der Waals surface area contributed by atoms with Crippen molar-refractivity contribution >= 4 is 53.3 Å². The van der Waals surface area contributed by atoms with Crippen LogP contribution in [0.3, 0.4) is 0 Å². The summed E-state index contributed by atoms with van der Waals surface area (Å²) in [5.41, 5.74) is 2.15. The van der Waals surface area contributed by atoms with Crippen LogP contribution in [0.15, 0.2) is 53.3 Å². The second kappa shape index (κ2) is 11.3. The highest BCUT2D eigenvalue weighted by atomic mass is 35.5. The number of aromatic nitrogens is 2. The van der Waals surface area contributed by atoms with Gasteiger partial charge in [0.05, 0.1) is 11.0 Å². The Morgan fingerprint density at radius 2 is 1.68 bits per heavy atom. The zero-order valence-electron chi connectivity index (χ0n) is 15.9. The summed E-state index contributed by atoms with van der Waals surface area (Å²) < 4.78 is 1.68. The van der Waals surface area contributed by atoms with E-state index in [1.807, 2.05) is 36.4 Å². The molecule has 0 bridgehead atoms. The Hall–Kier alpha value is -1.79. The fourth-order valence-electron chi connectivity index (χ4n) is 2.97. The molecule has 2 aromatic carbocycles. The minimum atomic E-state index is -0.162. The minimum absolute atomic E-state index is 0. The van der Waals surface area contributed by atoms with Gasteiger partial charge in [-0.3, -0.25) is 9.36 Å². The molecule has 3 rings (SSSR count). The lowest BCUT2D eigenvalue weighted by Gasteiger charge is -2.18. The molecule has 0 radical (unpaired) electrons. The van der Waals surface area contributed by atoms with Crippen LogP contribution in [-0.4, -0.2) is 40.6 Å². The maximum absolute atomic E-state index is 13.1. The smallest absolute Gasteiger partial charge is 0.298 e. The van der Waals surface area contributed by atoms with Crippen molar-refractivity contribution in [1.29, 1.82) is 0 Å². The van der Waals surface area contributed by atoms with E-state index in [1.165, 1.54) is 0 Å². The van der Waals surface area contributed by atoms with Crippen molar-refractivity contribution < 1.29 is 0 Å². The van der Waals surface area contributed by atoms with E-state index in [1.54, 1.807) is 16.7 Å². The first kappa shape index (κ1) is 24.2. The van der Waals surface area contributed by atoms with Gasteiger partial charge < -0.3 is 10.2 Å². The predicted octanol–water partition coefficient (Wildman–Crippen LogP) is 4.64. The van der Waals surface area contributed by atoms with Gasteiger partial charge in [-0.05, 0) is 49.5 Å². The van der Waals surface area contributed by atoms with Crippen molar-refractivity contribution in [3.8, 4) is 5.69 Å². The van der Waals surface area contributed by atoms with E-state index in [0.717, 1.165) is 36.4 Å².